The number of methoxy groups -OCH3 is 1. The molecule has 1 aliphatic rings. The van der Waals surface area contributed by atoms with Gasteiger partial charge in [0.05, 0.1) is 18.4 Å². The van der Waals surface area contributed by atoms with E-state index in [2.05, 4.69) is 34.7 Å². The molecular weight excluding hydrogens is 404 g/mol. The van der Waals surface area contributed by atoms with E-state index < -0.39 is 0 Å². The summed E-state index contributed by atoms with van der Waals surface area (Å²) in [5.41, 5.74) is 3.58. The van der Waals surface area contributed by atoms with Crippen LogP contribution >= 0.6 is 0 Å². The maximum Gasteiger partial charge on any atom is 0.251 e. The van der Waals surface area contributed by atoms with E-state index >= 15 is 0 Å². The van der Waals surface area contributed by atoms with Crippen LogP contribution in [0.2, 0.25) is 0 Å². The van der Waals surface area contributed by atoms with Gasteiger partial charge in [0.25, 0.3) is 5.91 Å². The summed E-state index contributed by atoms with van der Waals surface area (Å²) in [6, 6.07) is 15.8. The van der Waals surface area contributed by atoms with Crippen molar-refractivity contribution in [1.82, 2.24) is 10.5 Å². The molecule has 4 rings (SSSR count). The van der Waals surface area contributed by atoms with Gasteiger partial charge in [-0.25, -0.2) is 0 Å². The average molecular weight is 435 g/mol. The van der Waals surface area contributed by atoms with Crippen molar-refractivity contribution in [3.63, 3.8) is 0 Å². The molecule has 0 radical (unpaired) electrons. The Kier molecular flexibility index (Phi) is 6.49. The van der Waals surface area contributed by atoms with Crippen LogP contribution in [0.25, 0.3) is 0 Å². The lowest BCUT2D eigenvalue weighted by molar-refractivity contribution is 0.0942. The lowest BCUT2D eigenvalue weighted by Gasteiger charge is -2.30. The molecule has 1 saturated carbocycles. The van der Waals surface area contributed by atoms with Gasteiger partial charge in [-0.15, -0.1) is 0 Å². The minimum atomic E-state index is -0.109. The smallest absolute Gasteiger partial charge is 0.251 e. The number of nitrogens with one attached hydrogen (secondary N) is 1. The number of hydrogen-bond acceptors (Lipinski definition) is 5. The highest BCUT2D eigenvalue weighted by Crippen LogP contribution is 2.40. The average Bonchev–Trinajstić information content (AvgIpc) is 3.44. The Bertz CT molecular complexity index is 1050. The maximum absolute atomic E-state index is 13.0. The van der Waals surface area contributed by atoms with E-state index in [-0.39, 0.29) is 11.3 Å². The zero-order valence-corrected chi connectivity index (χ0v) is 18.9. The summed E-state index contributed by atoms with van der Waals surface area (Å²) in [5.74, 6) is 1.71. The Labute approximate surface area is 188 Å². The third kappa shape index (κ3) is 4.49. The van der Waals surface area contributed by atoms with E-state index in [4.69, 9.17) is 14.0 Å². The zero-order valence-electron chi connectivity index (χ0n) is 18.9. The minimum Gasteiger partial charge on any atom is -0.493 e. The second-order valence-electron chi connectivity index (χ2n) is 8.49. The van der Waals surface area contributed by atoms with E-state index in [0.717, 1.165) is 29.9 Å². The first-order chi connectivity index (χ1) is 15.5. The molecule has 1 aliphatic carbocycles. The second kappa shape index (κ2) is 9.47. The summed E-state index contributed by atoms with van der Waals surface area (Å²) in [5, 5.41) is 7.11. The molecule has 0 atom stereocenters. The van der Waals surface area contributed by atoms with E-state index in [1.165, 1.54) is 18.4 Å². The first-order valence-corrected chi connectivity index (χ1v) is 11.1. The number of rotatable bonds is 8. The number of aromatic nitrogens is 1. The van der Waals surface area contributed by atoms with Crippen molar-refractivity contribution in [2.75, 3.05) is 13.7 Å². The van der Waals surface area contributed by atoms with Crippen LogP contribution in [0.5, 0.6) is 11.5 Å². The Morgan fingerprint density at radius 3 is 2.50 bits per heavy atom. The Balaban J connectivity index is 1.44. The molecule has 2 aromatic carbocycles. The summed E-state index contributed by atoms with van der Waals surface area (Å²) >= 11 is 0. The van der Waals surface area contributed by atoms with Crippen molar-refractivity contribution in [3.05, 3.63) is 76.7 Å². The lowest BCUT2D eigenvalue weighted by Crippen LogP contribution is -2.39. The van der Waals surface area contributed by atoms with Crippen LogP contribution in [0.4, 0.5) is 0 Å². The van der Waals surface area contributed by atoms with Gasteiger partial charge in [-0.3, -0.25) is 4.79 Å². The fraction of sp³-hybridized carbons (Fsp3) is 0.385. The summed E-state index contributed by atoms with van der Waals surface area (Å²) < 4.78 is 16.6. The van der Waals surface area contributed by atoms with E-state index in [9.17, 15) is 4.79 Å². The highest BCUT2D eigenvalue weighted by molar-refractivity contribution is 5.95. The van der Waals surface area contributed by atoms with Crippen molar-refractivity contribution in [2.45, 2.75) is 51.6 Å². The fourth-order valence-electron chi connectivity index (χ4n) is 4.55. The van der Waals surface area contributed by atoms with Gasteiger partial charge in [-0.05, 0) is 50.5 Å². The third-order valence-electron chi connectivity index (χ3n) is 6.51. The predicted octanol–water partition coefficient (Wildman–Crippen LogP) is 5.12. The molecule has 0 bridgehead atoms. The van der Waals surface area contributed by atoms with Gasteiger partial charge in [0.2, 0.25) is 0 Å². The van der Waals surface area contributed by atoms with Gasteiger partial charge >= 0.3 is 0 Å². The first kappa shape index (κ1) is 21.9. The van der Waals surface area contributed by atoms with Crippen LogP contribution < -0.4 is 14.8 Å². The standard InChI is InChI=1S/C26H30N2O4/c1-18-22(19(2)32-28-18)16-31-23-12-11-20(15-24(23)30-3)25(29)27-17-26(13-7-8-14-26)21-9-5-4-6-10-21/h4-6,9-12,15H,7-8,13-14,16-17H2,1-3H3,(H,27,29). The Hall–Kier alpha value is -3.28. The monoisotopic (exact) mass is 434 g/mol. The van der Waals surface area contributed by atoms with Crippen LogP contribution in [0.15, 0.2) is 53.1 Å². The molecule has 3 aromatic rings. The van der Waals surface area contributed by atoms with Crippen LogP contribution in [0.1, 0.15) is 58.6 Å². The number of carbonyl (C=O) groups excluding carboxylic acids is 1. The molecule has 0 aliphatic heterocycles. The van der Waals surface area contributed by atoms with E-state index in [0.29, 0.717) is 30.2 Å². The molecule has 1 heterocycles. The van der Waals surface area contributed by atoms with Crippen molar-refractivity contribution in [2.24, 2.45) is 0 Å². The summed E-state index contributed by atoms with van der Waals surface area (Å²) in [7, 11) is 1.57. The number of ether oxygens (including phenoxy) is 2. The fourth-order valence-corrected chi connectivity index (χ4v) is 4.55. The van der Waals surface area contributed by atoms with Gasteiger partial charge < -0.3 is 19.3 Å². The molecule has 0 saturated heterocycles. The van der Waals surface area contributed by atoms with Crippen LogP contribution in [-0.4, -0.2) is 24.7 Å². The zero-order chi connectivity index (χ0) is 22.6. The Morgan fingerprint density at radius 1 is 1.09 bits per heavy atom. The third-order valence-corrected chi connectivity index (χ3v) is 6.51. The molecule has 0 unspecified atom stereocenters. The highest BCUT2D eigenvalue weighted by atomic mass is 16.5. The van der Waals surface area contributed by atoms with Crippen LogP contribution in [-0.2, 0) is 12.0 Å². The van der Waals surface area contributed by atoms with E-state index in [1.54, 1.807) is 25.3 Å². The Morgan fingerprint density at radius 2 is 1.84 bits per heavy atom. The molecule has 6 heteroatoms. The topological polar surface area (TPSA) is 73.6 Å². The number of aryl methyl sites for hydroxylation is 2. The van der Waals surface area contributed by atoms with Gasteiger partial charge in [0.15, 0.2) is 11.5 Å². The van der Waals surface area contributed by atoms with Gasteiger partial charge in [0, 0.05) is 17.5 Å². The molecular formula is C26H30N2O4. The maximum atomic E-state index is 13.0. The van der Waals surface area contributed by atoms with Crippen molar-refractivity contribution >= 4 is 5.91 Å². The number of benzene rings is 2. The van der Waals surface area contributed by atoms with Gasteiger partial charge in [-0.1, -0.05) is 48.3 Å². The number of amides is 1. The predicted molar refractivity (Wildman–Crippen MR) is 122 cm³/mol. The normalized spacial score (nSPS) is 14.8. The highest BCUT2D eigenvalue weighted by Gasteiger charge is 2.35. The molecule has 1 aromatic heterocycles. The number of carbonyl (C=O) groups is 1. The number of hydrogen-bond donors (Lipinski definition) is 1. The quantitative estimate of drug-likeness (QED) is 0.533. The lowest BCUT2D eigenvalue weighted by atomic mass is 9.79. The summed E-state index contributed by atoms with van der Waals surface area (Å²) in [6.45, 7) is 4.69. The van der Waals surface area contributed by atoms with Crippen LogP contribution in [0.3, 0.4) is 0 Å². The molecule has 32 heavy (non-hydrogen) atoms. The van der Waals surface area contributed by atoms with Gasteiger partial charge in [0.1, 0.15) is 12.4 Å². The first-order valence-electron chi connectivity index (χ1n) is 11.1. The summed E-state index contributed by atoms with van der Waals surface area (Å²) in [4.78, 5) is 13.0. The minimum absolute atomic E-state index is 0.0123. The molecule has 6 nitrogen and oxygen atoms in total. The molecule has 168 valence electrons. The largest absolute Gasteiger partial charge is 0.493 e. The molecule has 1 fully saturated rings. The van der Waals surface area contributed by atoms with Crippen molar-refractivity contribution < 1.29 is 18.8 Å². The molecule has 0 spiro atoms. The molecule has 1 amide bonds. The van der Waals surface area contributed by atoms with Crippen LogP contribution in [0, 0.1) is 13.8 Å². The second-order valence-corrected chi connectivity index (χ2v) is 8.49. The number of nitrogens with zero attached hydrogens (tertiary/aromatic N) is 1. The molecule has 1 N–H and O–H groups in total. The van der Waals surface area contributed by atoms with Crippen molar-refractivity contribution in [3.8, 4) is 11.5 Å². The summed E-state index contributed by atoms with van der Waals surface area (Å²) in [6.07, 6.45) is 4.57. The van der Waals surface area contributed by atoms with E-state index in [1.807, 2.05) is 19.9 Å². The van der Waals surface area contributed by atoms with Gasteiger partial charge in [-0.2, -0.15) is 0 Å². The van der Waals surface area contributed by atoms with Crippen molar-refractivity contribution in [1.29, 1.82) is 0 Å². The SMILES string of the molecule is COc1cc(C(=O)NCC2(c3ccccc3)CCCC2)ccc1OCc1c(C)noc1C.